The molecule has 19 heavy (non-hydrogen) atoms. The Morgan fingerprint density at radius 3 is 2.84 bits per heavy atom. The van der Waals surface area contributed by atoms with Gasteiger partial charge >= 0.3 is 0 Å². The van der Waals surface area contributed by atoms with Crippen molar-refractivity contribution in [3.05, 3.63) is 39.8 Å². The summed E-state index contributed by atoms with van der Waals surface area (Å²) in [5.74, 6) is 0.811. The molecule has 0 spiro atoms. The molecule has 1 N–H and O–H groups in total. The van der Waals surface area contributed by atoms with E-state index in [-0.39, 0.29) is 5.69 Å². The normalized spacial score (nSPS) is 10.6. The van der Waals surface area contributed by atoms with Gasteiger partial charge in [0.2, 0.25) is 11.8 Å². The maximum Gasteiger partial charge on any atom is 0.270 e. The van der Waals surface area contributed by atoms with E-state index >= 15 is 0 Å². The summed E-state index contributed by atoms with van der Waals surface area (Å²) in [7, 11) is 1.83. The molecule has 0 saturated carbocycles. The molecule has 0 radical (unpaired) electrons. The molecule has 7 nitrogen and oxygen atoms in total. The molecule has 0 amide bonds. The molecule has 100 valence electrons. The number of likely N-dealkylation sites (N-methyl/N-ethyl adjacent to an activating group) is 1. The zero-order valence-electron chi connectivity index (χ0n) is 10.7. The number of rotatable bonds is 5. The summed E-state index contributed by atoms with van der Waals surface area (Å²) in [4.78, 5) is 10.4. The number of nitro benzene ring substituents is 1. The smallest absolute Gasteiger partial charge is 0.270 e. The Morgan fingerprint density at radius 2 is 2.16 bits per heavy atom. The maximum absolute atomic E-state index is 10.8. The highest BCUT2D eigenvalue weighted by atomic mass is 16.6. The van der Waals surface area contributed by atoms with Crippen LogP contribution in [0.4, 0.5) is 5.69 Å². The fraction of sp³-hybridized carbons (Fsp3) is 0.333. The quantitative estimate of drug-likeness (QED) is 0.651. The van der Waals surface area contributed by atoms with E-state index in [1.165, 1.54) is 12.1 Å². The van der Waals surface area contributed by atoms with Crippen molar-refractivity contribution in [1.82, 2.24) is 15.5 Å². The zero-order chi connectivity index (χ0) is 13.8. The molecule has 0 unspecified atom stereocenters. The first kappa shape index (κ1) is 13.2. The Kier molecular flexibility index (Phi) is 3.86. The maximum atomic E-state index is 10.8. The Hall–Kier alpha value is -2.28. The highest BCUT2D eigenvalue weighted by Crippen LogP contribution is 2.24. The number of nitrogens with zero attached hydrogens (tertiary/aromatic N) is 3. The molecule has 1 aromatic heterocycles. The minimum absolute atomic E-state index is 0.0185. The third-order valence-corrected chi connectivity index (χ3v) is 2.58. The number of nitrogens with one attached hydrogen (secondary N) is 1. The van der Waals surface area contributed by atoms with Crippen LogP contribution in [-0.2, 0) is 6.42 Å². The molecular weight excluding hydrogens is 248 g/mol. The van der Waals surface area contributed by atoms with Crippen LogP contribution in [0.2, 0.25) is 0 Å². The first-order valence-corrected chi connectivity index (χ1v) is 5.83. The molecule has 0 fully saturated rings. The monoisotopic (exact) mass is 262 g/mol. The molecule has 0 bridgehead atoms. The first-order chi connectivity index (χ1) is 9.10. The molecule has 7 heteroatoms. The number of nitro groups is 1. The zero-order valence-corrected chi connectivity index (χ0v) is 10.7. The van der Waals surface area contributed by atoms with E-state index in [9.17, 15) is 10.1 Å². The minimum Gasteiger partial charge on any atom is -0.421 e. The lowest BCUT2D eigenvalue weighted by Crippen LogP contribution is -2.10. The fourth-order valence-electron chi connectivity index (χ4n) is 1.69. The van der Waals surface area contributed by atoms with Crippen LogP contribution >= 0.6 is 0 Å². The lowest BCUT2D eigenvalue weighted by atomic mass is 10.1. The summed E-state index contributed by atoms with van der Waals surface area (Å²) in [5, 5.41) is 21.6. The van der Waals surface area contributed by atoms with Crippen LogP contribution in [0.15, 0.2) is 22.6 Å². The highest BCUT2D eigenvalue weighted by Gasteiger charge is 2.14. The van der Waals surface area contributed by atoms with Crippen molar-refractivity contribution in [3.63, 3.8) is 0 Å². The SMILES string of the molecule is CNCCc1nnc(-c2cc(C)cc([N+](=O)[O-])c2)o1. The largest absolute Gasteiger partial charge is 0.421 e. The number of aromatic nitrogens is 2. The molecule has 2 aromatic rings. The van der Waals surface area contributed by atoms with Gasteiger partial charge in [0, 0.05) is 30.7 Å². The second-order valence-electron chi connectivity index (χ2n) is 4.17. The minimum atomic E-state index is -0.436. The van der Waals surface area contributed by atoms with Gasteiger partial charge in [-0.15, -0.1) is 10.2 Å². The van der Waals surface area contributed by atoms with Crippen molar-refractivity contribution in [2.75, 3.05) is 13.6 Å². The Morgan fingerprint density at radius 1 is 1.37 bits per heavy atom. The van der Waals surface area contributed by atoms with Crippen molar-refractivity contribution < 1.29 is 9.34 Å². The third-order valence-electron chi connectivity index (χ3n) is 2.58. The number of hydrogen-bond acceptors (Lipinski definition) is 6. The molecule has 0 aliphatic carbocycles. The van der Waals surface area contributed by atoms with Crippen LogP contribution in [0, 0.1) is 17.0 Å². The average Bonchev–Trinajstić information content (AvgIpc) is 2.84. The van der Waals surface area contributed by atoms with Gasteiger partial charge in [-0.05, 0) is 25.6 Å². The van der Waals surface area contributed by atoms with Gasteiger partial charge in [0.25, 0.3) is 5.69 Å². The molecule has 1 aromatic carbocycles. The molecule has 0 saturated heterocycles. The van der Waals surface area contributed by atoms with E-state index in [2.05, 4.69) is 15.5 Å². The van der Waals surface area contributed by atoms with Crippen molar-refractivity contribution in [2.45, 2.75) is 13.3 Å². The summed E-state index contributed by atoms with van der Waals surface area (Å²) >= 11 is 0. The standard InChI is InChI=1S/C12H14N4O3/c1-8-5-9(7-10(6-8)16(17)18)12-15-14-11(19-12)3-4-13-2/h5-7,13H,3-4H2,1-2H3. The van der Waals surface area contributed by atoms with Gasteiger partial charge in [0.05, 0.1) is 4.92 Å². The third kappa shape index (κ3) is 3.14. The molecule has 0 aliphatic heterocycles. The predicted octanol–water partition coefficient (Wildman–Crippen LogP) is 1.72. The molecule has 0 aliphatic rings. The van der Waals surface area contributed by atoms with Crippen LogP contribution in [-0.4, -0.2) is 28.7 Å². The lowest BCUT2D eigenvalue weighted by molar-refractivity contribution is -0.384. The Bertz CT molecular complexity index is 594. The molecule has 0 atom stereocenters. The van der Waals surface area contributed by atoms with Gasteiger partial charge in [-0.1, -0.05) is 0 Å². The van der Waals surface area contributed by atoms with Gasteiger partial charge in [-0.25, -0.2) is 0 Å². The average molecular weight is 262 g/mol. The molecular formula is C12H14N4O3. The van der Waals surface area contributed by atoms with E-state index in [4.69, 9.17) is 4.42 Å². The Labute approximate surface area is 109 Å². The van der Waals surface area contributed by atoms with Gasteiger partial charge in [-0.3, -0.25) is 10.1 Å². The Balaban J connectivity index is 2.30. The number of non-ortho nitro benzene ring substituents is 1. The summed E-state index contributed by atoms with van der Waals surface area (Å²) < 4.78 is 5.48. The molecule has 1 heterocycles. The summed E-state index contributed by atoms with van der Waals surface area (Å²) in [6.07, 6.45) is 0.622. The summed E-state index contributed by atoms with van der Waals surface area (Å²) in [6, 6.07) is 4.71. The van der Waals surface area contributed by atoms with Gasteiger partial charge < -0.3 is 9.73 Å². The van der Waals surface area contributed by atoms with Crippen LogP contribution < -0.4 is 5.32 Å². The molecule has 2 rings (SSSR count). The topological polar surface area (TPSA) is 94.1 Å². The van der Waals surface area contributed by atoms with Crippen molar-refractivity contribution in [3.8, 4) is 11.5 Å². The number of aryl methyl sites for hydroxylation is 1. The fourth-order valence-corrected chi connectivity index (χ4v) is 1.69. The lowest BCUT2D eigenvalue weighted by Gasteiger charge is -1.98. The first-order valence-electron chi connectivity index (χ1n) is 5.83. The van der Waals surface area contributed by atoms with Crippen molar-refractivity contribution in [2.24, 2.45) is 0 Å². The predicted molar refractivity (Wildman–Crippen MR) is 68.8 cm³/mol. The van der Waals surface area contributed by atoms with Crippen LogP contribution in [0.1, 0.15) is 11.5 Å². The van der Waals surface area contributed by atoms with Crippen molar-refractivity contribution in [1.29, 1.82) is 0 Å². The second-order valence-corrected chi connectivity index (χ2v) is 4.17. The second kappa shape index (κ2) is 5.57. The van der Waals surface area contributed by atoms with E-state index in [0.717, 1.165) is 12.1 Å². The van der Waals surface area contributed by atoms with Gasteiger partial charge in [0.15, 0.2) is 0 Å². The summed E-state index contributed by atoms with van der Waals surface area (Å²) in [5.41, 5.74) is 1.36. The number of benzene rings is 1. The van der Waals surface area contributed by atoms with E-state index in [0.29, 0.717) is 23.8 Å². The van der Waals surface area contributed by atoms with E-state index in [1.807, 2.05) is 7.05 Å². The number of hydrogen-bond donors (Lipinski definition) is 1. The summed E-state index contributed by atoms with van der Waals surface area (Å²) in [6.45, 7) is 2.52. The van der Waals surface area contributed by atoms with E-state index in [1.54, 1.807) is 13.0 Å². The highest BCUT2D eigenvalue weighted by molar-refractivity contribution is 5.59. The van der Waals surface area contributed by atoms with Crippen molar-refractivity contribution >= 4 is 5.69 Å². The van der Waals surface area contributed by atoms with E-state index < -0.39 is 4.92 Å². The van der Waals surface area contributed by atoms with Gasteiger partial charge in [0.1, 0.15) is 0 Å². The van der Waals surface area contributed by atoms with Gasteiger partial charge in [-0.2, -0.15) is 0 Å². The van der Waals surface area contributed by atoms with Crippen LogP contribution in [0.25, 0.3) is 11.5 Å². The van der Waals surface area contributed by atoms with Crippen LogP contribution in [0.3, 0.4) is 0 Å². The van der Waals surface area contributed by atoms with Crippen LogP contribution in [0.5, 0.6) is 0 Å².